The second-order valence-electron chi connectivity index (χ2n) is 2.41. The molecular formula is C8H11N3O. The Bertz CT molecular complexity index is 285. The van der Waals surface area contributed by atoms with Crippen molar-refractivity contribution in [1.82, 2.24) is 4.98 Å². The van der Waals surface area contributed by atoms with Crippen LogP contribution in [0.2, 0.25) is 0 Å². The van der Waals surface area contributed by atoms with Crippen LogP contribution in [-0.4, -0.2) is 17.9 Å². The van der Waals surface area contributed by atoms with E-state index in [1.807, 2.05) is 6.07 Å². The molecule has 0 saturated carbocycles. The highest BCUT2D eigenvalue weighted by molar-refractivity contribution is 5.79. The lowest BCUT2D eigenvalue weighted by molar-refractivity contribution is 0.397. The minimum atomic E-state index is 0.142. The number of methoxy groups -OCH3 is 1. The van der Waals surface area contributed by atoms with E-state index >= 15 is 0 Å². The molecule has 0 radical (unpaired) electrons. The van der Waals surface area contributed by atoms with Gasteiger partial charge in [0.25, 0.3) is 0 Å². The fraction of sp³-hybridized carbons (Fsp3) is 0.250. The summed E-state index contributed by atoms with van der Waals surface area (Å²) in [5.41, 5.74) is 6.18. The first kappa shape index (κ1) is 8.52. The number of ether oxygens (including phenoxy) is 1. The Labute approximate surface area is 70.9 Å². The van der Waals surface area contributed by atoms with Gasteiger partial charge in [-0.25, -0.2) is 4.98 Å². The molecule has 1 aromatic rings. The number of aromatic nitrogens is 1. The molecule has 12 heavy (non-hydrogen) atoms. The predicted octanol–water partition coefficient (Wildman–Crippen LogP) is 0.569. The fourth-order valence-corrected chi connectivity index (χ4v) is 0.892. The Morgan fingerprint density at radius 3 is 3.08 bits per heavy atom. The Balaban J connectivity index is 2.79. The molecule has 0 atom stereocenters. The van der Waals surface area contributed by atoms with Crippen molar-refractivity contribution in [3.05, 3.63) is 23.9 Å². The van der Waals surface area contributed by atoms with E-state index in [1.54, 1.807) is 19.4 Å². The van der Waals surface area contributed by atoms with Crippen LogP contribution in [0, 0.1) is 5.41 Å². The second-order valence-corrected chi connectivity index (χ2v) is 2.41. The lowest BCUT2D eigenvalue weighted by atomic mass is 10.2. The topological polar surface area (TPSA) is 72.0 Å². The Kier molecular flexibility index (Phi) is 2.63. The van der Waals surface area contributed by atoms with Crippen molar-refractivity contribution < 1.29 is 4.74 Å². The van der Waals surface area contributed by atoms with Crippen LogP contribution >= 0.6 is 0 Å². The Hall–Kier alpha value is -1.58. The van der Waals surface area contributed by atoms with E-state index in [4.69, 9.17) is 15.9 Å². The van der Waals surface area contributed by atoms with Gasteiger partial charge in [0, 0.05) is 18.7 Å². The minimum Gasteiger partial charge on any atom is -0.481 e. The summed E-state index contributed by atoms with van der Waals surface area (Å²) in [6.45, 7) is 0. The van der Waals surface area contributed by atoms with Crippen molar-refractivity contribution in [3.63, 3.8) is 0 Å². The standard InChI is InChI=1S/C8H11N3O/c1-12-8-5-6(2-3-11-8)4-7(9)10/h2-3,5H,4H2,1H3,(H3,9,10). The van der Waals surface area contributed by atoms with Gasteiger partial charge in [-0.1, -0.05) is 0 Å². The van der Waals surface area contributed by atoms with Crippen molar-refractivity contribution in [2.45, 2.75) is 6.42 Å². The number of rotatable bonds is 3. The maximum absolute atomic E-state index is 7.08. The third-order valence-electron chi connectivity index (χ3n) is 1.40. The smallest absolute Gasteiger partial charge is 0.213 e. The molecule has 4 nitrogen and oxygen atoms in total. The first-order chi connectivity index (χ1) is 5.72. The molecule has 0 aromatic carbocycles. The summed E-state index contributed by atoms with van der Waals surface area (Å²) in [6.07, 6.45) is 2.08. The number of hydrogen-bond donors (Lipinski definition) is 2. The molecule has 0 aliphatic rings. The van der Waals surface area contributed by atoms with Gasteiger partial charge < -0.3 is 10.5 Å². The molecule has 0 aliphatic carbocycles. The van der Waals surface area contributed by atoms with Crippen LogP contribution < -0.4 is 10.5 Å². The molecule has 3 N–H and O–H groups in total. The highest BCUT2D eigenvalue weighted by Crippen LogP contribution is 2.08. The van der Waals surface area contributed by atoms with Crippen LogP contribution in [0.1, 0.15) is 5.56 Å². The van der Waals surface area contributed by atoms with Crippen molar-refractivity contribution in [2.24, 2.45) is 5.73 Å². The van der Waals surface area contributed by atoms with E-state index in [2.05, 4.69) is 4.98 Å². The number of hydrogen-bond acceptors (Lipinski definition) is 3. The van der Waals surface area contributed by atoms with Crippen LogP contribution in [0.5, 0.6) is 5.88 Å². The van der Waals surface area contributed by atoms with Crippen molar-refractivity contribution in [3.8, 4) is 5.88 Å². The van der Waals surface area contributed by atoms with Crippen LogP contribution in [0.25, 0.3) is 0 Å². The lowest BCUT2D eigenvalue weighted by Gasteiger charge is -2.01. The Morgan fingerprint density at radius 2 is 2.50 bits per heavy atom. The molecule has 1 heterocycles. The predicted molar refractivity (Wildman–Crippen MR) is 46.4 cm³/mol. The molecule has 4 heteroatoms. The van der Waals surface area contributed by atoms with Gasteiger partial charge in [-0.05, 0) is 11.6 Å². The third-order valence-corrected chi connectivity index (χ3v) is 1.40. The summed E-state index contributed by atoms with van der Waals surface area (Å²) in [5, 5.41) is 7.08. The molecule has 0 saturated heterocycles. The van der Waals surface area contributed by atoms with E-state index in [-0.39, 0.29) is 5.84 Å². The first-order valence-corrected chi connectivity index (χ1v) is 3.54. The van der Waals surface area contributed by atoms with Gasteiger partial charge >= 0.3 is 0 Å². The van der Waals surface area contributed by atoms with E-state index in [9.17, 15) is 0 Å². The lowest BCUT2D eigenvalue weighted by Crippen LogP contribution is -2.12. The maximum Gasteiger partial charge on any atom is 0.213 e. The minimum absolute atomic E-state index is 0.142. The van der Waals surface area contributed by atoms with Gasteiger partial charge in [-0.15, -0.1) is 0 Å². The van der Waals surface area contributed by atoms with Crippen molar-refractivity contribution >= 4 is 5.84 Å². The molecule has 0 unspecified atom stereocenters. The van der Waals surface area contributed by atoms with Gasteiger partial charge in [0.2, 0.25) is 5.88 Å². The average Bonchev–Trinajstić information content (AvgIpc) is 2.03. The summed E-state index contributed by atoms with van der Waals surface area (Å²) >= 11 is 0. The van der Waals surface area contributed by atoms with E-state index in [0.29, 0.717) is 12.3 Å². The molecule has 0 aliphatic heterocycles. The molecule has 1 rings (SSSR count). The number of pyridine rings is 1. The zero-order valence-corrected chi connectivity index (χ0v) is 6.87. The summed E-state index contributed by atoms with van der Waals surface area (Å²) in [5.74, 6) is 0.692. The average molecular weight is 165 g/mol. The van der Waals surface area contributed by atoms with Gasteiger partial charge in [-0.3, -0.25) is 5.41 Å². The van der Waals surface area contributed by atoms with Gasteiger partial charge in [-0.2, -0.15) is 0 Å². The maximum atomic E-state index is 7.08. The summed E-state index contributed by atoms with van der Waals surface area (Å²) in [4.78, 5) is 3.93. The molecule has 0 bridgehead atoms. The SMILES string of the molecule is COc1cc(CC(=N)N)ccn1. The molecular weight excluding hydrogens is 154 g/mol. The zero-order chi connectivity index (χ0) is 8.97. The normalized spacial score (nSPS) is 9.42. The van der Waals surface area contributed by atoms with Gasteiger partial charge in [0.05, 0.1) is 12.9 Å². The molecule has 0 amide bonds. The number of nitrogens with zero attached hydrogens (tertiary/aromatic N) is 1. The number of amidine groups is 1. The third kappa shape index (κ3) is 2.23. The highest BCUT2D eigenvalue weighted by atomic mass is 16.5. The monoisotopic (exact) mass is 165 g/mol. The molecule has 0 fully saturated rings. The number of nitrogens with one attached hydrogen (secondary N) is 1. The second kappa shape index (κ2) is 3.71. The molecule has 0 spiro atoms. The van der Waals surface area contributed by atoms with E-state index in [1.165, 1.54) is 0 Å². The summed E-state index contributed by atoms with van der Waals surface area (Å²) < 4.78 is 4.91. The van der Waals surface area contributed by atoms with Crippen LogP contribution in [0.15, 0.2) is 18.3 Å². The first-order valence-electron chi connectivity index (χ1n) is 3.54. The van der Waals surface area contributed by atoms with Crippen LogP contribution in [-0.2, 0) is 6.42 Å². The fourth-order valence-electron chi connectivity index (χ4n) is 0.892. The van der Waals surface area contributed by atoms with Gasteiger partial charge in [0.15, 0.2) is 0 Å². The van der Waals surface area contributed by atoms with E-state index in [0.717, 1.165) is 5.56 Å². The van der Waals surface area contributed by atoms with Crippen LogP contribution in [0.4, 0.5) is 0 Å². The Morgan fingerprint density at radius 1 is 1.75 bits per heavy atom. The van der Waals surface area contributed by atoms with Gasteiger partial charge in [0.1, 0.15) is 0 Å². The summed E-state index contributed by atoms with van der Waals surface area (Å²) in [6, 6.07) is 3.57. The molecule has 1 aromatic heterocycles. The largest absolute Gasteiger partial charge is 0.481 e. The van der Waals surface area contributed by atoms with Crippen LogP contribution in [0.3, 0.4) is 0 Å². The summed E-state index contributed by atoms with van der Waals surface area (Å²) in [7, 11) is 1.56. The highest BCUT2D eigenvalue weighted by Gasteiger charge is 1.97. The van der Waals surface area contributed by atoms with Crippen molar-refractivity contribution in [1.29, 1.82) is 5.41 Å². The zero-order valence-electron chi connectivity index (χ0n) is 6.87. The molecule has 64 valence electrons. The number of nitrogens with two attached hydrogens (primary N) is 1. The van der Waals surface area contributed by atoms with Crippen molar-refractivity contribution in [2.75, 3.05) is 7.11 Å². The van der Waals surface area contributed by atoms with E-state index < -0.39 is 0 Å². The quantitative estimate of drug-likeness (QED) is 0.508.